The van der Waals surface area contributed by atoms with Gasteiger partial charge in [0.05, 0.1) is 26.0 Å². The van der Waals surface area contributed by atoms with E-state index in [1.54, 1.807) is 61.6 Å². The molecule has 0 fully saturated rings. The fourth-order valence-electron chi connectivity index (χ4n) is 3.83. The highest BCUT2D eigenvalue weighted by Gasteiger charge is 2.13. The molecule has 0 aliphatic rings. The number of pyridine rings is 1. The van der Waals surface area contributed by atoms with Gasteiger partial charge in [0.2, 0.25) is 0 Å². The summed E-state index contributed by atoms with van der Waals surface area (Å²) < 4.78 is 12.3. The number of amides is 1. The fraction of sp³-hybridized carbons (Fsp3) is 0.207. The van der Waals surface area contributed by atoms with Gasteiger partial charge in [0.1, 0.15) is 17.3 Å². The Bertz CT molecular complexity index is 1490. The van der Waals surface area contributed by atoms with Gasteiger partial charge in [-0.1, -0.05) is 31.8 Å². The highest BCUT2D eigenvalue weighted by atomic mass is 16.5. The van der Waals surface area contributed by atoms with Gasteiger partial charge in [-0.3, -0.25) is 9.48 Å². The normalized spacial score (nSPS) is 10.5. The Morgan fingerprint density at radius 1 is 0.973 bits per heavy atom. The number of aryl methyl sites for hydroxylation is 1. The lowest BCUT2D eigenvalue weighted by atomic mass is 9.95. The summed E-state index contributed by atoms with van der Waals surface area (Å²) in [4.78, 5) is 17.4. The average molecular weight is 496 g/mol. The molecule has 0 aliphatic carbocycles. The molecule has 37 heavy (non-hydrogen) atoms. The lowest BCUT2D eigenvalue weighted by molar-refractivity contribution is 0.102. The van der Waals surface area contributed by atoms with Crippen LogP contribution in [0.15, 0.2) is 61.1 Å². The molecule has 0 atom stereocenters. The minimum Gasteiger partial charge on any atom is -0.497 e. The van der Waals surface area contributed by atoms with Crippen LogP contribution in [0.25, 0.3) is 11.1 Å². The predicted molar refractivity (Wildman–Crippen MR) is 145 cm³/mol. The number of nitrogen functional groups attached to an aromatic ring is 1. The van der Waals surface area contributed by atoms with Crippen molar-refractivity contribution in [3.63, 3.8) is 0 Å². The molecule has 0 aliphatic heterocycles. The van der Waals surface area contributed by atoms with Gasteiger partial charge in [0, 0.05) is 65.6 Å². The second-order valence-electron chi connectivity index (χ2n) is 8.82. The number of methoxy groups -OCH3 is 2. The summed E-state index contributed by atoms with van der Waals surface area (Å²) in [5.41, 5.74) is 11.3. The monoisotopic (exact) mass is 495 g/mol. The minimum absolute atomic E-state index is 0.209. The SMILES string of the molecule is COc1cc(NC(=O)c2ccc(C(C)C)c(C#Cc3cc(-c4cnn(C)c4)cnc3N)c2)cc(OC)c1. The molecule has 4 aromatic rings. The maximum Gasteiger partial charge on any atom is 0.255 e. The van der Waals surface area contributed by atoms with Crippen molar-refractivity contribution in [2.24, 2.45) is 7.05 Å². The highest BCUT2D eigenvalue weighted by molar-refractivity contribution is 6.04. The maximum atomic E-state index is 13.1. The standard InChI is InChI=1S/C29H29N5O3/c1-18(2)27-9-8-21(29(35)33-24-12-25(36-4)14-26(13-24)37-5)10-19(27)6-7-20-11-22(15-31-28(20)30)23-16-32-34(3)17-23/h8-18H,1-5H3,(H2,30,31)(H,33,35). The van der Waals surface area contributed by atoms with Gasteiger partial charge < -0.3 is 20.5 Å². The van der Waals surface area contributed by atoms with Crippen LogP contribution in [0.3, 0.4) is 0 Å². The minimum atomic E-state index is -0.270. The number of rotatable bonds is 6. The van der Waals surface area contributed by atoms with Gasteiger partial charge >= 0.3 is 0 Å². The number of carbonyl (C=O) groups excluding carboxylic acids is 1. The first-order valence-electron chi connectivity index (χ1n) is 11.7. The number of benzene rings is 2. The molecule has 188 valence electrons. The summed E-state index contributed by atoms with van der Waals surface area (Å²) in [6.45, 7) is 4.17. The van der Waals surface area contributed by atoms with E-state index in [1.165, 1.54) is 0 Å². The second kappa shape index (κ2) is 10.9. The van der Waals surface area contributed by atoms with Gasteiger partial charge in [-0.15, -0.1) is 0 Å². The number of nitrogens with two attached hydrogens (primary N) is 1. The molecule has 4 rings (SSSR count). The second-order valence-corrected chi connectivity index (χ2v) is 8.82. The van der Waals surface area contributed by atoms with E-state index in [4.69, 9.17) is 15.2 Å². The predicted octanol–water partition coefficient (Wildman–Crippen LogP) is 4.86. The molecule has 2 aromatic heterocycles. The van der Waals surface area contributed by atoms with Crippen molar-refractivity contribution in [1.29, 1.82) is 0 Å². The van der Waals surface area contributed by atoms with E-state index in [0.29, 0.717) is 34.1 Å². The van der Waals surface area contributed by atoms with E-state index < -0.39 is 0 Å². The van der Waals surface area contributed by atoms with Crippen LogP contribution in [0, 0.1) is 11.8 Å². The quantitative estimate of drug-likeness (QED) is 0.370. The molecule has 3 N–H and O–H groups in total. The first-order chi connectivity index (χ1) is 17.8. The number of anilines is 2. The van der Waals surface area contributed by atoms with Gasteiger partial charge in [0.25, 0.3) is 5.91 Å². The lowest BCUT2D eigenvalue weighted by Gasteiger charge is -2.12. The molecule has 2 aromatic carbocycles. The summed E-state index contributed by atoms with van der Waals surface area (Å²) in [6, 6.07) is 12.6. The Labute approximate surface area is 216 Å². The van der Waals surface area contributed by atoms with Crippen molar-refractivity contribution >= 4 is 17.4 Å². The van der Waals surface area contributed by atoms with E-state index in [9.17, 15) is 4.79 Å². The first kappa shape index (κ1) is 25.3. The molecule has 0 spiro atoms. The Morgan fingerprint density at radius 3 is 2.30 bits per heavy atom. The molecule has 0 saturated heterocycles. The number of ether oxygens (including phenoxy) is 2. The fourth-order valence-corrected chi connectivity index (χ4v) is 3.83. The molecule has 0 saturated carbocycles. The molecule has 0 bridgehead atoms. The average Bonchev–Trinajstić information content (AvgIpc) is 3.33. The van der Waals surface area contributed by atoms with Crippen LogP contribution in [0.5, 0.6) is 11.5 Å². The number of nitrogens with zero attached hydrogens (tertiary/aromatic N) is 3. The van der Waals surface area contributed by atoms with Crippen LogP contribution in [0.2, 0.25) is 0 Å². The summed E-state index contributed by atoms with van der Waals surface area (Å²) in [5, 5.41) is 7.12. The third-order valence-corrected chi connectivity index (χ3v) is 5.84. The van der Waals surface area contributed by atoms with Crippen LogP contribution in [-0.2, 0) is 7.05 Å². The van der Waals surface area contributed by atoms with Crippen molar-refractivity contribution in [2.75, 3.05) is 25.3 Å². The highest BCUT2D eigenvalue weighted by Crippen LogP contribution is 2.27. The number of aromatic nitrogens is 3. The number of carbonyl (C=O) groups is 1. The summed E-state index contributed by atoms with van der Waals surface area (Å²) in [5.74, 6) is 7.82. The van der Waals surface area contributed by atoms with Crippen molar-refractivity contribution in [1.82, 2.24) is 14.8 Å². The summed E-state index contributed by atoms with van der Waals surface area (Å²) in [6.07, 6.45) is 5.37. The zero-order valence-electron chi connectivity index (χ0n) is 21.5. The van der Waals surface area contributed by atoms with Gasteiger partial charge in [-0.05, 0) is 29.7 Å². The van der Waals surface area contributed by atoms with Crippen LogP contribution in [-0.4, -0.2) is 34.9 Å². The molecular weight excluding hydrogens is 466 g/mol. The largest absolute Gasteiger partial charge is 0.497 e. The van der Waals surface area contributed by atoms with Gasteiger partial charge in [-0.25, -0.2) is 4.98 Å². The van der Waals surface area contributed by atoms with Gasteiger partial charge in [0.15, 0.2) is 0 Å². The van der Waals surface area contributed by atoms with Gasteiger partial charge in [-0.2, -0.15) is 5.10 Å². The Kier molecular flexibility index (Phi) is 7.44. The summed E-state index contributed by atoms with van der Waals surface area (Å²) in [7, 11) is 4.98. The first-order valence-corrected chi connectivity index (χ1v) is 11.7. The lowest BCUT2D eigenvalue weighted by Crippen LogP contribution is -2.13. The summed E-state index contributed by atoms with van der Waals surface area (Å²) >= 11 is 0. The van der Waals surface area contributed by atoms with Crippen LogP contribution < -0.4 is 20.5 Å². The third-order valence-electron chi connectivity index (χ3n) is 5.84. The van der Waals surface area contributed by atoms with E-state index >= 15 is 0 Å². The van der Waals surface area contributed by atoms with Crippen LogP contribution in [0.4, 0.5) is 11.5 Å². The van der Waals surface area contributed by atoms with E-state index in [1.807, 2.05) is 25.4 Å². The van der Waals surface area contributed by atoms with Crippen molar-refractivity contribution in [3.05, 3.63) is 83.3 Å². The molecule has 2 heterocycles. The Hall–Kier alpha value is -4.77. The Morgan fingerprint density at radius 2 is 1.68 bits per heavy atom. The van der Waals surface area contributed by atoms with E-state index in [2.05, 4.69) is 41.1 Å². The van der Waals surface area contributed by atoms with E-state index in [-0.39, 0.29) is 11.8 Å². The topological polar surface area (TPSA) is 104 Å². The third kappa shape index (κ3) is 5.90. The van der Waals surface area contributed by atoms with Crippen molar-refractivity contribution in [3.8, 4) is 34.5 Å². The Balaban J connectivity index is 1.66. The number of hydrogen-bond acceptors (Lipinski definition) is 6. The van der Waals surface area contributed by atoms with Crippen LogP contribution >= 0.6 is 0 Å². The molecule has 8 heteroatoms. The smallest absolute Gasteiger partial charge is 0.255 e. The van der Waals surface area contributed by atoms with Crippen molar-refractivity contribution < 1.29 is 14.3 Å². The maximum absolute atomic E-state index is 13.1. The zero-order valence-corrected chi connectivity index (χ0v) is 21.5. The molecule has 1 amide bonds. The molecule has 8 nitrogen and oxygen atoms in total. The van der Waals surface area contributed by atoms with Crippen LogP contribution in [0.1, 0.15) is 46.8 Å². The van der Waals surface area contributed by atoms with Crippen molar-refractivity contribution in [2.45, 2.75) is 19.8 Å². The van der Waals surface area contributed by atoms with E-state index in [0.717, 1.165) is 22.3 Å². The number of hydrogen-bond donors (Lipinski definition) is 2. The molecule has 0 unspecified atom stereocenters. The molecular formula is C29H29N5O3. The number of nitrogens with one attached hydrogen (secondary N) is 1. The molecule has 0 radical (unpaired) electrons. The zero-order chi connectivity index (χ0) is 26.5.